The van der Waals surface area contributed by atoms with E-state index in [1.807, 2.05) is 17.9 Å². The van der Waals surface area contributed by atoms with Crippen LogP contribution in [0.3, 0.4) is 0 Å². The molecule has 0 bridgehead atoms. The molecule has 0 spiro atoms. The molecule has 0 aliphatic carbocycles. The van der Waals surface area contributed by atoms with E-state index in [1.165, 1.54) is 9.71 Å². The molecule has 3 heterocycles. The van der Waals surface area contributed by atoms with E-state index in [9.17, 15) is 4.79 Å². The second-order valence-electron chi connectivity index (χ2n) is 6.55. The van der Waals surface area contributed by atoms with Crippen molar-refractivity contribution in [2.24, 2.45) is 0 Å². The molecule has 1 aromatic carbocycles. The normalized spacial score (nSPS) is 17.7. The van der Waals surface area contributed by atoms with Crippen molar-refractivity contribution < 1.29 is 4.79 Å². The number of carbonyl (C=O) groups is 1. The molecule has 7 heteroatoms. The highest BCUT2D eigenvalue weighted by Crippen LogP contribution is 2.33. The summed E-state index contributed by atoms with van der Waals surface area (Å²) in [6, 6.07) is 8.28. The lowest BCUT2D eigenvalue weighted by Crippen LogP contribution is -2.40. The third-order valence-electron chi connectivity index (χ3n) is 4.58. The zero-order valence-electron chi connectivity index (χ0n) is 14.7. The molecule has 1 atom stereocenters. The molecule has 1 fully saturated rings. The number of likely N-dealkylation sites (tertiary alicyclic amines) is 1. The Kier molecular flexibility index (Phi) is 5.57. The van der Waals surface area contributed by atoms with Crippen LogP contribution in [-0.4, -0.2) is 39.6 Å². The van der Waals surface area contributed by atoms with Crippen molar-refractivity contribution in [2.45, 2.75) is 31.4 Å². The van der Waals surface area contributed by atoms with Gasteiger partial charge in [-0.3, -0.25) is 4.79 Å². The number of piperidine rings is 1. The Morgan fingerprint density at radius 1 is 1.35 bits per heavy atom. The Bertz CT molecular complexity index is 871. The van der Waals surface area contributed by atoms with E-state index in [0.29, 0.717) is 11.7 Å². The summed E-state index contributed by atoms with van der Waals surface area (Å²) in [4.78, 5) is 23.9. The molecule has 0 saturated carbocycles. The number of hydrogen-bond acceptors (Lipinski definition) is 6. The number of nitrogens with zero attached hydrogens (tertiary/aromatic N) is 3. The number of amides is 1. The molecule has 1 amide bonds. The summed E-state index contributed by atoms with van der Waals surface area (Å²) in [5.74, 6) is 1.96. The number of carbonyl (C=O) groups excluding carboxylic acids is 1. The second kappa shape index (κ2) is 8.06. The van der Waals surface area contributed by atoms with Gasteiger partial charge in [0.15, 0.2) is 0 Å². The van der Waals surface area contributed by atoms with Gasteiger partial charge in [0.2, 0.25) is 5.91 Å². The first-order valence-electron chi connectivity index (χ1n) is 8.81. The van der Waals surface area contributed by atoms with Crippen LogP contribution in [0.1, 0.15) is 34.5 Å². The number of benzene rings is 1. The topological polar surface area (TPSA) is 46.1 Å². The highest BCUT2D eigenvalue weighted by molar-refractivity contribution is 7.99. The third kappa shape index (κ3) is 4.10. The number of aromatic nitrogens is 2. The van der Waals surface area contributed by atoms with Crippen LogP contribution in [-0.2, 0) is 10.5 Å². The van der Waals surface area contributed by atoms with Crippen LogP contribution in [0.25, 0.3) is 10.2 Å². The van der Waals surface area contributed by atoms with E-state index in [0.717, 1.165) is 47.9 Å². The minimum absolute atomic E-state index is 0.243. The highest BCUT2D eigenvalue weighted by Gasteiger charge is 2.26. The summed E-state index contributed by atoms with van der Waals surface area (Å²) in [5.41, 5.74) is 2.15. The van der Waals surface area contributed by atoms with E-state index >= 15 is 0 Å². The van der Waals surface area contributed by atoms with E-state index in [2.05, 4.69) is 28.6 Å². The van der Waals surface area contributed by atoms with Gasteiger partial charge in [-0.15, -0.1) is 34.4 Å². The molecule has 26 heavy (non-hydrogen) atoms. The fourth-order valence-corrected chi connectivity index (χ4v) is 5.91. The van der Waals surface area contributed by atoms with Crippen LogP contribution in [0.2, 0.25) is 0 Å². The summed E-state index contributed by atoms with van der Waals surface area (Å²) in [6.07, 6.45) is 2.18. The first-order chi connectivity index (χ1) is 12.7. The quantitative estimate of drug-likeness (QED) is 0.619. The minimum atomic E-state index is 0.243. The van der Waals surface area contributed by atoms with Crippen LogP contribution in [0, 0.1) is 6.92 Å². The van der Waals surface area contributed by atoms with E-state index in [1.54, 1.807) is 34.4 Å². The molecule has 1 aliphatic rings. The van der Waals surface area contributed by atoms with Gasteiger partial charge in [-0.25, -0.2) is 9.97 Å². The summed E-state index contributed by atoms with van der Waals surface area (Å²) in [6.45, 7) is 3.69. The van der Waals surface area contributed by atoms with Crippen molar-refractivity contribution in [2.75, 3.05) is 18.8 Å². The van der Waals surface area contributed by atoms with Gasteiger partial charge in [0, 0.05) is 30.1 Å². The lowest BCUT2D eigenvalue weighted by Gasteiger charge is -2.31. The summed E-state index contributed by atoms with van der Waals surface area (Å²) in [7, 11) is 0. The Morgan fingerprint density at radius 2 is 2.23 bits per heavy atom. The average Bonchev–Trinajstić information content (AvgIpc) is 3.27. The first-order valence-corrected chi connectivity index (χ1v) is 11.7. The van der Waals surface area contributed by atoms with Gasteiger partial charge >= 0.3 is 0 Å². The van der Waals surface area contributed by atoms with Crippen LogP contribution in [0.5, 0.6) is 0 Å². The molecule has 2 aromatic heterocycles. The molecule has 0 unspecified atom stereocenters. The van der Waals surface area contributed by atoms with Crippen LogP contribution >= 0.6 is 34.4 Å². The van der Waals surface area contributed by atoms with Crippen molar-refractivity contribution in [1.29, 1.82) is 0 Å². The molecule has 136 valence electrons. The molecule has 3 aromatic rings. The van der Waals surface area contributed by atoms with Crippen molar-refractivity contribution in [3.63, 3.8) is 0 Å². The average molecular weight is 404 g/mol. The number of rotatable bonds is 5. The maximum absolute atomic E-state index is 12.6. The predicted octanol–water partition coefficient (Wildman–Crippen LogP) is 4.70. The van der Waals surface area contributed by atoms with Crippen molar-refractivity contribution in [3.05, 3.63) is 45.4 Å². The number of aryl methyl sites for hydroxylation is 1. The molecule has 4 rings (SSSR count). The highest BCUT2D eigenvalue weighted by atomic mass is 32.2. The number of thiazole rings is 2. The Hall–Kier alpha value is -1.44. The number of para-hydroxylation sites is 1. The summed E-state index contributed by atoms with van der Waals surface area (Å²) >= 11 is 5.10. The molecule has 4 nitrogen and oxygen atoms in total. The lowest BCUT2D eigenvalue weighted by atomic mass is 9.99. The van der Waals surface area contributed by atoms with Crippen LogP contribution in [0.4, 0.5) is 0 Å². The number of fused-ring (bicyclic) bond motifs is 1. The number of thioether (sulfide) groups is 1. The molecule has 0 N–H and O–H groups in total. The second-order valence-corrected chi connectivity index (χ2v) is 9.66. The van der Waals surface area contributed by atoms with Gasteiger partial charge in [0.25, 0.3) is 0 Å². The SMILES string of the molecule is Cc1nc(CSCC(=O)N2CCC[C@H](c3nc4ccccc4s3)C2)cs1. The Morgan fingerprint density at radius 3 is 3.04 bits per heavy atom. The molecular weight excluding hydrogens is 382 g/mol. The minimum Gasteiger partial charge on any atom is -0.341 e. The maximum atomic E-state index is 12.6. The molecule has 0 radical (unpaired) electrons. The first kappa shape index (κ1) is 17.9. The van der Waals surface area contributed by atoms with Crippen molar-refractivity contribution >= 4 is 50.6 Å². The Labute approximate surface area is 165 Å². The van der Waals surface area contributed by atoms with Gasteiger partial charge in [0.1, 0.15) is 0 Å². The summed E-state index contributed by atoms with van der Waals surface area (Å²) in [5, 5.41) is 4.34. The van der Waals surface area contributed by atoms with Gasteiger partial charge in [-0.1, -0.05) is 12.1 Å². The fraction of sp³-hybridized carbons (Fsp3) is 0.421. The maximum Gasteiger partial charge on any atom is 0.232 e. The lowest BCUT2D eigenvalue weighted by molar-refractivity contribution is -0.129. The van der Waals surface area contributed by atoms with Crippen molar-refractivity contribution in [1.82, 2.24) is 14.9 Å². The number of hydrogen-bond donors (Lipinski definition) is 0. The summed E-state index contributed by atoms with van der Waals surface area (Å²) < 4.78 is 1.24. The van der Waals surface area contributed by atoms with Gasteiger partial charge in [0.05, 0.1) is 31.7 Å². The van der Waals surface area contributed by atoms with Crippen molar-refractivity contribution in [3.8, 4) is 0 Å². The van der Waals surface area contributed by atoms with E-state index < -0.39 is 0 Å². The Balaban J connectivity index is 1.34. The third-order valence-corrected chi connectivity index (χ3v) is 7.55. The van der Waals surface area contributed by atoms with Crippen LogP contribution < -0.4 is 0 Å². The van der Waals surface area contributed by atoms with Crippen LogP contribution in [0.15, 0.2) is 29.6 Å². The zero-order valence-corrected chi connectivity index (χ0v) is 17.1. The molecule has 1 saturated heterocycles. The van der Waals surface area contributed by atoms with Gasteiger partial charge in [-0.2, -0.15) is 0 Å². The van der Waals surface area contributed by atoms with Gasteiger partial charge < -0.3 is 4.90 Å². The van der Waals surface area contributed by atoms with E-state index in [-0.39, 0.29) is 5.91 Å². The predicted molar refractivity (Wildman–Crippen MR) is 111 cm³/mol. The van der Waals surface area contributed by atoms with E-state index in [4.69, 9.17) is 4.98 Å². The smallest absolute Gasteiger partial charge is 0.232 e. The monoisotopic (exact) mass is 403 g/mol. The molecular formula is C19H21N3OS3. The standard InChI is InChI=1S/C19H21N3OS3/c1-13-20-15(11-25-13)10-24-12-18(23)22-8-4-5-14(9-22)19-21-16-6-2-3-7-17(16)26-19/h2-3,6-7,11,14H,4-5,8-10,12H2,1H3/t14-/m0/s1. The zero-order chi connectivity index (χ0) is 17.9. The molecule has 1 aliphatic heterocycles. The fourth-order valence-electron chi connectivity index (χ4n) is 3.28. The largest absolute Gasteiger partial charge is 0.341 e. The van der Waals surface area contributed by atoms with Gasteiger partial charge in [-0.05, 0) is 31.9 Å².